The highest BCUT2D eigenvalue weighted by Crippen LogP contribution is 2.21. The molecule has 0 amide bonds. The summed E-state index contributed by atoms with van der Waals surface area (Å²) in [5.41, 5.74) is 4.93. The molecule has 0 N–H and O–H groups in total. The van der Waals surface area contributed by atoms with Gasteiger partial charge in [-0.2, -0.15) is 0 Å². The molecular formula is C17H18O2Si. The summed E-state index contributed by atoms with van der Waals surface area (Å²) in [6.45, 7) is 6.66. The van der Waals surface area contributed by atoms with Crippen LogP contribution >= 0.6 is 0 Å². The van der Waals surface area contributed by atoms with Gasteiger partial charge in [0.05, 0.1) is 12.7 Å². The zero-order valence-electron chi connectivity index (χ0n) is 12.3. The van der Waals surface area contributed by atoms with Crippen LogP contribution in [0.1, 0.15) is 15.9 Å². The number of fused-ring (bicyclic) bond motifs is 1. The van der Waals surface area contributed by atoms with Crippen molar-refractivity contribution >= 4 is 24.8 Å². The molecule has 2 rings (SSSR count). The van der Waals surface area contributed by atoms with Crippen LogP contribution in [0.4, 0.5) is 0 Å². The Morgan fingerprint density at radius 2 is 1.90 bits per heavy atom. The molecule has 0 unspecified atom stereocenters. The minimum atomic E-state index is -1.38. The van der Waals surface area contributed by atoms with Crippen LogP contribution in [-0.2, 0) is 4.74 Å². The number of esters is 1. The Morgan fingerprint density at radius 3 is 2.55 bits per heavy atom. The van der Waals surface area contributed by atoms with Crippen molar-refractivity contribution in [1.29, 1.82) is 0 Å². The van der Waals surface area contributed by atoms with Crippen LogP contribution in [0.3, 0.4) is 0 Å². The average molecular weight is 282 g/mol. The van der Waals surface area contributed by atoms with Crippen molar-refractivity contribution in [2.45, 2.75) is 19.6 Å². The fourth-order valence-electron chi connectivity index (χ4n) is 1.91. The second-order valence-corrected chi connectivity index (χ2v) is 10.5. The van der Waals surface area contributed by atoms with E-state index in [1.54, 1.807) is 6.07 Å². The molecule has 0 aliphatic rings. The number of carbonyl (C=O) groups excluding carboxylic acids is 1. The molecular weight excluding hydrogens is 264 g/mol. The van der Waals surface area contributed by atoms with E-state index in [1.807, 2.05) is 30.3 Å². The topological polar surface area (TPSA) is 26.3 Å². The lowest BCUT2D eigenvalue weighted by Crippen LogP contribution is -2.16. The molecule has 0 saturated heterocycles. The minimum Gasteiger partial charge on any atom is -0.465 e. The zero-order chi connectivity index (χ0) is 14.8. The molecule has 2 aromatic carbocycles. The van der Waals surface area contributed by atoms with E-state index in [4.69, 9.17) is 4.74 Å². The summed E-state index contributed by atoms with van der Waals surface area (Å²) in [6, 6.07) is 11.6. The number of ether oxygens (including phenoxy) is 1. The van der Waals surface area contributed by atoms with E-state index in [0.29, 0.717) is 5.56 Å². The predicted octanol–water partition coefficient (Wildman–Crippen LogP) is 3.86. The average Bonchev–Trinajstić information content (AvgIpc) is 2.42. The van der Waals surface area contributed by atoms with Gasteiger partial charge in [-0.15, -0.1) is 5.54 Å². The summed E-state index contributed by atoms with van der Waals surface area (Å²) < 4.78 is 4.81. The Labute approximate surface area is 120 Å². The third-order valence-corrected chi connectivity index (χ3v) is 3.74. The Morgan fingerprint density at radius 1 is 1.15 bits per heavy atom. The molecule has 0 heterocycles. The summed E-state index contributed by atoms with van der Waals surface area (Å²) in [5, 5.41) is 1.91. The minimum absolute atomic E-state index is 0.309. The van der Waals surface area contributed by atoms with Crippen molar-refractivity contribution in [2.75, 3.05) is 7.11 Å². The monoisotopic (exact) mass is 282 g/mol. The van der Waals surface area contributed by atoms with E-state index in [-0.39, 0.29) is 5.97 Å². The van der Waals surface area contributed by atoms with E-state index in [0.717, 1.165) is 16.3 Å². The lowest BCUT2D eigenvalue weighted by atomic mass is 10.0. The van der Waals surface area contributed by atoms with E-state index >= 15 is 0 Å². The number of carbonyl (C=O) groups is 1. The molecule has 0 atom stereocenters. The second kappa shape index (κ2) is 5.52. The molecule has 0 radical (unpaired) electrons. The Kier molecular flexibility index (Phi) is 3.96. The first-order chi connectivity index (χ1) is 9.40. The van der Waals surface area contributed by atoms with Gasteiger partial charge in [-0.3, -0.25) is 0 Å². The van der Waals surface area contributed by atoms with Crippen LogP contribution in [-0.4, -0.2) is 21.2 Å². The number of benzene rings is 2. The van der Waals surface area contributed by atoms with Crippen molar-refractivity contribution < 1.29 is 9.53 Å². The number of hydrogen-bond donors (Lipinski definition) is 0. The first-order valence-corrected chi connectivity index (χ1v) is 10.0. The van der Waals surface area contributed by atoms with Gasteiger partial charge in [-0.1, -0.05) is 43.8 Å². The summed E-state index contributed by atoms with van der Waals surface area (Å²) in [5.74, 6) is 2.93. The smallest absolute Gasteiger partial charge is 0.338 e. The SMILES string of the molecule is COC(=O)c1cccc2cc(C#C[Si](C)(C)C)ccc12. The number of methoxy groups -OCH3 is 1. The molecule has 2 aromatic rings. The maximum atomic E-state index is 11.7. The first-order valence-electron chi connectivity index (χ1n) is 6.55. The Bertz CT molecular complexity index is 715. The maximum Gasteiger partial charge on any atom is 0.338 e. The van der Waals surface area contributed by atoms with E-state index in [9.17, 15) is 4.79 Å². The van der Waals surface area contributed by atoms with Gasteiger partial charge in [0.15, 0.2) is 0 Å². The molecule has 0 aliphatic carbocycles. The largest absolute Gasteiger partial charge is 0.465 e. The summed E-state index contributed by atoms with van der Waals surface area (Å²) in [7, 11) is 0.0205. The molecule has 0 aromatic heterocycles. The highest BCUT2D eigenvalue weighted by Gasteiger charge is 2.10. The number of rotatable bonds is 1. The zero-order valence-corrected chi connectivity index (χ0v) is 13.3. The van der Waals surface area contributed by atoms with Gasteiger partial charge in [0, 0.05) is 5.56 Å². The van der Waals surface area contributed by atoms with Crippen LogP contribution in [0.15, 0.2) is 36.4 Å². The molecule has 0 bridgehead atoms. The quantitative estimate of drug-likeness (QED) is 0.451. The van der Waals surface area contributed by atoms with E-state index in [2.05, 4.69) is 31.1 Å². The summed E-state index contributed by atoms with van der Waals surface area (Å²) in [6.07, 6.45) is 0. The molecule has 0 saturated carbocycles. The second-order valence-electron chi connectivity index (χ2n) is 5.73. The van der Waals surface area contributed by atoms with Crippen LogP contribution < -0.4 is 0 Å². The summed E-state index contributed by atoms with van der Waals surface area (Å²) in [4.78, 5) is 11.7. The Hall–Kier alpha value is -2.05. The third kappa shape index (κ3) is 3.28. The van der Waals surface area contributed by atoms with Crippen molar-refractivity contribution in [2.24, 2.45) is 0 Å². The fraction of sp³-hybridized carbons (Fsp3) is 0.235. The van der Waals surface area contributed by atoms with Gasteiger partial charge < -0.3 is 4.74 Å². The van der Waals surface area contributed by atoms with Crippen molar-refractivity contribution in [3.05, 3.63) is 47.5 Å². The molecule has 20 heavy (non-hydrogen) atoms. The predicted molar refractivity (Wildman–Crippen MR) is 85.5 cm³/mol. The maximum absolute atomic E-state index is 11.7. The number of hydrogen-bond acceptors (Lipinski definition) is 2. The molecule has 0 aliphatic heterocycles. The molecule has 3 heteroatoms. The van der Waals surface area contributed by atoms with Crippen LogP contribution in [0, 0.1) is 11.5 Å². The van der Waals surface area contributed by atoms with E-state index < -0.39 is 8.07 Å². The third-order valence-electron chi connectivity index (χ3n) is 2.87. The molecule has 0 spiro atoms. The highest BCUT2D eigenvalue weighted by atomic mass is 28.3. The van der Waals surface area contributed by atoms with Gasteiger partial charge in [0.1, 0.15) is 8.07 Å². The molecule has 2 nitrogen and oxygen atoms in total. The standard InChI is InChI=1S/C17H18O2Si/c1-19-17(18)16-7-5-6-14-12-13(8-9-15(14)16)10-11-20(2,3)4/h5-9,12H,1-4H3. The normalized spacial score (nSPS) is 10.8. The van der Waals surface area contributed by atoms with Crippen LogP contribution in [0.2, 0.25) is 19.6 Å². The lowest BCUT2D eigenvalue weighted by Gasteiger charge is -2.06. The van der Waals surface area contributed by atoms with Gasteiger partial charge in [-0.05, 0) is 29.0 Å². The Balaban J connectivity index is 2.51. The van der Waals surface area contributed by atoms with Crippen LogP contribution in [0.5, 0.6) is 0 Å². The molecule has 102 valence electrons. The van der Waals surface area contributed by atoms with Crippen molar-refractivity contribution in [3.8, 4) is 11.5 Å². The van der Waals surface area contributed by atoms with Gasteiger partial charge in [-0.25, -0.2) is 4.79 Å². The highest BCUT2D eigenvalue weighted by molar-refractivity contribution is 6.83. The first kappa shape index (κ1) is 14.4. The van der Waals surface area contributed by atoms with Gasteiger partial charge >= 0.3 is 5.97 Å². The van der Waals surface area contributed by atoms with Gasteiger partial charge in [0.25, 0.3) is 0 Å². The van der Waals surface area contributed by atoms with E-state index in [1.165, 1.54) is 7.11 Å². The van der Waals surface area contributed by atoms with Crippen molar-refractivity contribution in [3.63, 3.8) is 0 Å². The van der Waals surface area contributed by atoms with Gasteiger partial charge in [0.2, 0.25) is 0 Å². The van der Waals surface area contributed by atoms with Crippen molar-refractivity contribution in [1.82, 2.24) is 0 Å². The lowest BCUT2D eigenvalue weighted by molar-refractivity contribution is 0.0603. The summed E-state index contributed by atoms with van der Waals surface area (Å²) >= 11 is 0. The fourth-order valence-corrected chi connectivity index (χ4v) is 2.43. The van der Waals surface area contributed by atoms with Crippen LogP contribution in [0.25, 0.3) is 10.8 Å². The molecule has 0 fully saturated rings.